The van der Waals surface area contributed by atoms with Crippen molar-refractivity contribution in [1.29, 1.82) is 0 Å². The fourth-order valence-corrected chi connectivity index (χ4v) is 3.28. The summed E-state index contributed by atoms with van der Waals surface area (Å²) >= 11 is 12.2. The van der Waals surface area contributed by atoms with Crippen LogP contribution in [0.3, 0.4) is 0 Å². The van der Waals surface area contributed by atoms with E-state index in [0.29, 0.717) is 17.3 Å². The maximum atomic E-state index is 12.4. The minimum atomic E-state index is -3.42. The summed E-state index contributed by atoms with van der Waals surface area (Å²) in [6.07, 6.45) is 2.55. The van der Waals surface area contributed by atoms with Gasteiger partial charge in [-0.3, -0.25) is 9.10 Å². The Hall–Kier alpha value is -1.76. The fourth-order valence-electron chi connectivity index (χ4n) is 2.35. The van der Waals surface area contributed by atoms with Crippen molar-refractivity contribution in [2.75, 3.05) is 24.2 Å². The van der Waals surface area contributed by atoms with E-state index in [1.807, 2.05) is 24.3 Å². The van der Waals surface area contributed by atoms with E-state index in [-0.39, 0.29) is 16.5 Å². The summed E-state index contributed by atoms with van der Waals surface area (Å²) in [7, 11) is -2.00. The van der Waals surface area contributed by atoms with Crippen LogP contribution < -0.4 is 9.62 Å². The number of amides is 1. The molecule has 0 saturated heterocycles. The highest BCUT2D eigenvalue weighted by atomic mass is 35.5. The first kappa shape index (κ1) is 20.6. The van der Waals surface area contributed by atoms with Gasteiger partial charge in [-0.1, -0.05) is 41.4 Å². The van der Waals surface area contributed by atoms with Crippen LogP contribution in [-0.2, 0) is 16.4 Å². The van der Waals surface area contributed by atoms with Crippen molar-refractivity contribution in [1.82, 2.24) is 5.32 Å². The third-order valence-electron chi connectivity index (χ3n) is 3.92. The molecule has 140 valence electrons. The number of rotatable bonds is 7. The molecule has 0 fully saturated rings. The molecule has 2 aromatic carbocycles. The van der Waals surface area contributed by atoms with Crippen LogP contribution in [-0.4, -0.2) is 34.2 Å². The zero-order valence-corrected chi connectivity index (χ0v) is 16.8. The first-order valence-electron chi connectivity index (χ1n) is 7.95. The van der Waals surface area contributed by atoms with Gasteiger partial charge >= 0.3 is 0 Å². The van der Waals surface area contributed by atoms with Crippen molar-refractivity contribution in [3.05, 3.63) is 63.6 Å². The van der Waals surface area contributed by atoms with Crippen LogP contribution in [0.4, 0.5) is 5.69 Å². The van der Waals surface area contributed by atoms with Gasteiger partial charge in [0.1, 0.15) is 0 Å². The summed E-state index contributed by atoms with van der Waals surface area (Å²) in [4.78, 5) is 12.4. The molecular weight excluding hydrogens is 395 g/mol. The zero-order chi connectivity index (χ0) is 19.3. The molecule has 0 atom stereocenters. The van der Waals surface area contributed by atoms with E-state index in [4.69, 9.17) is 23.2 Å². The number of hydrogen-bond acceptors (Lipinski definition) is 3. The number of halogens is 2. The van der Waals surface area contributed by atoms with Crippen LogP contribution in [0, 0.1) is 0 Å². The summed E-state index contributed by atoms with van der Waals surface area (Å²) in [5, 5.41) is 3.77. The van der Waals surface area contributed by atoms with Crippen molar-refractivity contribution >= 4 is 44.8 Å². The molecule has 0 spiro atoms. The van der Waals surface area contributed by atoms with Crippen LogP contribution >= 0.6 is 23.2 Å². The van der Waals surface area contributed by atoms with Gasteiger partial charge < -0.3 is 5.32 Å². The largest absolute Gasteiger partial charge is 0.352 e. The van der Waals surface area contributed by atoms with Gasteiger partial charge in [0.15, 0.2) is 0 Å². The molecule has 0 saturated carbocycles. The predicted octanol–water partition coefficient (Wildman–Crippen LogP) is 3.75. The molecule has 26 heavy (non-hydrogen) atoms. The zero-order valence-electron chi connectivity index (χ0n) is 14.5. The monoisotopic (exact) mass is 414 g/mol. The summed E-state index contributed by atoms with van der Waals surface area (Å²) < 4.78 is 24.4. The highest BCUT2D eigenvalue weighted by Crippen LogP contribution is 2.24. The Kier molecular flexibility index (Phi) is 6.92. The molecule has 2 rings (SSSR count). The number of aryl methyl sites for hydroxylation is 1. The first-order chi connectivity index (χ1) is 12.2. The number of nitrogens with one attached hydrogen (secondary N) is 1. The number of benzene rings is 2. The molecular formula is C18H20Cl2N2O3S. The lowest BCUT2D eigenvalue weighted by atomic mass is 10.1. The van der Waals surface area contributed by atoms with Crippen molar-refractivity contribution < 1.29 is 13.2 Å². The average molecular weight is 415 g/mol. The predicted molar refractivity (Wildman–Crippen MR) is 107 cm³/mol. The fraction of sp³-hybridized carbons (Fsp3) is 0.278. The molecule has 5 nitrogen and oxygen atoms in total. The number of carbonyl (C=O) groups is 1. The highest BCUT2D eigenvalue weighted by Gasteiger charge is 2.16. The summed E-state index contributed by atoms with van der Waals surface area (Å²) in [5.41, 5.74) is 1.63. The molecule has 8 heteroatoms. The molecule has 0 aliphatic rings. The Morgan fingerprint density at radius 3 is 2.46 bits per heavy atom. The van der Waals surface area contributed by atoms with Crippen LogP contribution in [0.25, 0.3) is 0 Å². The van der Waals surface area contributed by atoms with E-state index >= 15 is 0 Å². The van der Waals surface area contributed by atoms with Gasteiger partial charge in [-0.2, -0.15) is 0 Å². The Morgan fingerprint density at radius 2 is 1.81 bits per heavy atom. The molecule has 0 heterocycles. The maximum absolute atomic E-state index is 12.4. The maximum Gasteiger partial charge on any atom is 0.252 e. The Labute approximate surface area is 164 Å². The average Bonchev–Trinajstić information content (AvgIpc) is 2.59. The summed E-state index contributed by atoms with van der Waals surface area (Å²) in [5.74, 6) is -0.349. The van der Waals surface area contributed by atoms with E-state index in [1.54, 1.807) is 6.07 Å². The van der Waals surface area contributed by atoms with Gasteiger partial charge in [-0.15, -0.1) is 0 Å². The van der Waals surface area contributed by atoms with Crippen LogP contribution in [0.15, 0.2) is 42.5 Å². The van der Waals surface area contributed by atoms with Gasteiger partial charge in [0.25, 0.3) is 5.91 Å². The third kappa shape index (κ3) is 5.37. The molecule has 1 amide bonds. The normalized spacial score (nSPS) is 11.2. The van der Waals surface area contributed by atoms with Crippen LogP contribution in [0.5, 0.6) is 0 Å². The first-order valence-corrected chi connectivity index (χ1v) is 10.6. The van der Waals surface area contributed by atoms with Gasteiger partial charge in [0.2, 0.25) is 10.0 Å². The second kappa shape index (κ2) is 8.75. The van der Waals surface area contributed by atoms with Gasteiger partial charge in [0, 0.05) is 18.6 Å². The molecule has 0 unspecified atom stereocenters. The van der Waals surface area contributed by atoms with Crippen molar-refractivity contribution in [3.8, 4) is 0 Å². The SMILES string of the molecule is CN(c1ccc(Cl)c(C(=O)NCCCc2ccccc2Cl)c1)S(C)(=O)=O. The standard InChI is InChI=1S/C18H20Cl2N2O3S/c1-22(26(2,24)25)14-9-10-17(20)15(12-14)18(23)21-11-5-7-13-6-3-4-8-16(13)19/h3-4,6,8-10,12H,5,7,11H2,1-2H3,(H,21,23). The van der Waals surface area contributed by atoms with E-state index < -0.39 is 10.0 Å². The highest BCUT2D eigenvalue weighted by molar-refractivity contribution is 7.92. The molecule has 0 radical (unpaired) electrons. The molecule has 0 aliphatic heterocycles. The number of carbonyl (C=O) groups excluding carboxylic acids is 1. The van der Waals surface area contributed by atoms with Crippen LogP contribution in [0.1, 0.15) is 22.3 Å². The minimum absolute atomic E-state index is 0.234. The van der Waals surface area contributed by atoms with Gasteiger partial charge in [0.05, 0.1) is 22.5 Å². The lowest BCUT2D eigenvalue weighted by Crippen LogP contribution is -2.27. The number of anilines is 1. The van der Waals surface area contributed by atoms with E-state index in [1.165, 1.54) is 19.2 Å². The topological polar surface area (TPSA) is 66.5 Å². The van der Waals surface area contributed by atoms with Crippen molar-refractivity contribution in [2.45, 2.75) is 12.8 Å². The Bertz CT molecular complexity index is 901. The molecule has 0 aliphatic carbocycles. The van der Waals surface area contributed by atoms with Gasteiger partial charge in [-0.05, 0) is 42.7 Å². The number of sulfonamides is 1. The third-order valence-corrected chi connectivity index (χ3v) is 5.83. The van der Waals surface area contributed by atoms with E-state index in [2.05, 4.69) is 5.32 Å². The summed E-state index contributed by atoms with van der Waals surface area (Å²) in [6.45, 7) is 0.451. The molecule has 0 bridgehead atoms. The number of nitrogens with zero attached hydrogens (tertiary/aromatic N) is 1. The molecule has 2 aromatic rings. The minimum Gasteiger partial charge on any atom is -0.352 e. The second-order valence-corrected chi connectivity index (χ2v) is 8.67. The lowest BCUT2D eigenvalue weighted by Gasteiger charge is -2.18. The lowest BCUT2D eigenvalue weighted by molar-refractivity contribution is 0.0953. The smallest absolute Gasteiger partial charge is 0.252 e. The second-order valence-electron chi connectivity index (χ2n) is 5.85. The molecule has 0 aromatic heterocycles. The Morgan fingerprint density at radius 1 is 1.12 bits per heavy atom. The molecule has 1 N–H and O–H groups in total. The van der Waals surface area contributed by atoms with E-state index in [9.17, 15) is 13.2 Å². The Balaban J connectivity index is 2.00. The quantitative estimate of drug-likeness (QED) is 0.701. The summed E-state index contributed by atoms with van der Waals surface area (Å²) in [6, 6.07) is 12.1. The van der Waals surface area contributed by atoms with Gasteiger partial charge in [-0.25, -0.2) is 8.42 Å². The van der Waals surface area contributed by atoms with E-state index in [0.717, 1.165) is 29.0 Å². The van der Waals surface area contributed by atoms with Crippen molar-refractivity contribution in [3.63, 3.8) is 0 Å². The number of hydrogen-bond donors (Lipinski definition) is 1. The van der Waals surface area contributed by atoms with Crippen molar-refractivity contribution in [2.24, 2.45) is 0 Å². The van der Waals surface area contributed by atoms with Crippen LogP contribution in [0.2, 0.25) is 10.0 Å².